The van der Waals surface area contributed by atoms with Crippen molar-refractivity contribution in [3.8, 4) is 0 Å². The van der Waals surface area contributed by atoms with Crippen molar-refractivity contribution >= 4 is 40.9 Å². The Balaban J connectivity index is 1.70. The summed E-state index contributed by atoms with van der Waals surface area (Å²) in [6, 6.07) is 15.7. The minimum absolute atomic E-state index is 0.155. The van der Waals surface area contributed by atoms with Crippen LogP contribution in [0.3, 0.4) is 0 Å². The van der Waals surface area contributed by atoms with E-state index in [1.54, 1.807) is 36.4 Å². The molecule has 0 unspecified atom stereocenters. The normalized spacial score (nSPS) is 10.1. The lowest BCUT2D eigenvalue weighted by molar-refractivity contribution is -0.114. The highest BCUT2D eigenvalue weighted by Crippen LogP contribution is 2.12. The molecule has 0 fully saturated rings. The van der Waals surface area contributed by atoms with Gasteiger partial charge in [0, 0.05) is 11.4 Å². The largest absolute Gasteiger partial charge is 0.462 e. The molecule has 0 saturated heterocycles. The van der Waals surface area contributed by atoms with Crippen LogP contribution in [0.15, 0.2) is 54.6 Å². The van der Waals surface area contributed by atoms with E-state index >= 15 is 0 Å². The van der Waals surface area contributed by atoms with E-state index in [1.165, 1.54) is 11.8 Å². The van der Waals surface area contributed by atoms with Crippen molar-refractivity contribution in [3.63, 3.8) is 0 Å². The first-order valence-corrected chi connectivity index (χ1v) is 9.73. The van der Waals surface area contributed by atoms with E-state index in [4.69, 9.17) is 4.74 Å². The molecule has 7 heteroatoms. The summed E-state index contributed by atoms with van der Waals surface area (Å²) < 4.78 is 5.05. The summed E-state index contributed by atoms with van der Waals surface area (Å²) in [6.45, 7) is 2.31. The van der Waals surface area contributed by atoms with Gasteiger partial charge < -0.3 is 15.4 Å². The van der Waals surface area contributed by atoms with Gasteiger partial charge in [0.05, 0.1) is 23.7 Å². The first-order valence-electron chi connectivity index (χ1n) is 8.58. The summed E-state index contributed by atoms with van der Waals surface area (Å²) in [7, 11) is 0. The van der Waals surface area contributed by atoms with Crippen molar-refractivity contribution in [1.82, 2.24) is 0 Å². The molecular weight excluding hydrogens is 364 g/mol. The van der Waals surface area contributed by atoms with Gasteiger partial charge in [-0.05, 0) is 42.8 Å². The van der Waals surface area contributed by atoms with E-state index in [-0.39, 0.29) is 29.3 Å². The number of thioether (sulfide) groups is 1. The number of ether oxygens (including phenoxy) is 1. The molecule has 2 rings (SSSR count). The Hall–Kier alpha value is -2.80. The first kappa shape index (κ1) is 20.5. The van der Waals surface area contributed by atoms with Crippen molar-refractivity contribution in [3.05, 3.63) is 60.2 Å². The maximum atomic E-state index is 12.0. The number of amides is 2. The molecule has 0 aliphatic carbocycles. The smallest absolute Gasteiger partial charge is 0.338 e. The molecule has 0 aliphatic rings. The van der Waals surface area contributed by atoms with E-state index in [1.807, 2.05) is 25.1 Å². The number of nitrogens with one attached hydrogen (secondary N) is 2. The number of rotatable bonds is 9. The average molecular weight is 386 g/mol. The second-order valence-corrected chi connectivity index (χ2v) is 6.65. The van der Waals surface area contributed by atoms with Gasteiger partial charge in [-0.15, -0.1) is 11.8 Å². The highest BCUT2D eigenvalue weighted by atomic mass is 32.2. The molecule has 27 heavy (non-hydrogen) atoms. The van der Waals surface area contributed by atoms with Crippen LogP contribution in [0.25, 0.3) is 0 Å². The van der Waals surface area contributed by atoms with E-state index < -0.39 is 0 Å². The SMILES string of the molecule is CCCOC(=O)c1ccc(NC(=O)CSCC(=O)Nc2ccccc2)cc1. The van der Waals surface area contributed by atoms with Gasteiger partial charge in [-0.3, -0.25) is 9.59 Å². The predicted octanol–water partition coefficient (Wildman–Crippen LogP) is 3.56. The molecule has 0 radical (unpaired) electrons. The van der Waals surface area contributed by atoms with Gasteiger partial charge in [0.1, 0.15) is 0 Å². The Morgan fingerprint density at radius 2 is 1.41 bits per heavy atom. The van der Waals surface area contributed by atoms with Gasteiger partial charge >= 0.3 is 5.97 Å². The van der Waals surface area contributed by atoms with Gasteiger partial charge in [-0.2, -0.15) is 0 Å². The topological polar surface area (TPSA) is 84.5 Å². The Morgan fingerprint density at radius 3 is 1.96 bits per heavy atom. The summed E-state index contributed by atoms with van der Waals surface area (Å²) in [4.78, 5) is 35.5. The number of hydrogen-bond donors (Lipinski definition) is 2. The number of carbonyl (C=O) groups is 3. The summed E-state index contributed by atoms with van der Waals surface area (Å²) in [5, 5.41) is 5.49. The summed E-state index contributed by atoms with van der Waals surface area (Å²) in [5.74, 6) is -0.412. The van der Waals surface area contributed by atoms with E-state index in [0.29, 0.717) is 17.9 Å². The Bertz CT molecular complexity index is 763. The van der Waals surface area contributed by atoms with Gasteiger partial charge in [-0.25, -0.2) is 4.79 Å². The van der Waals surface area contributed by atoms with Crippen molar-refractivity contribution < 1.29 is 19.1 Å². The number of benzene rings is 2. The molecule has 2 aromatic carbocycles. The maximum Gasteiger partial charge on any atom is 0.338 e. The maximum absolute atomic E-state index is 12.0. The molecule has 0 aliphatic heterocycles. The number of hydrogen-bond acceptors (Lipinski definition) is 5. The number of para-hydroxylation sites is 1. The lowest BCUT2D eigenvalue weighted by Crippen LogP contribution is -2.18. The predicted molar refractivity (Wildman–Crippen MR) is 108 cm³/mol. The Kier molecular flexibility index (Phi) is 8.38. The fourth-order valence-electron chi connectivity index (χ4n) is 2.12. The zero-order chi connectivity index (χ0) is 19.5. The minimum atomic E-state index is -0.380. The van der Waals surface area contributed by atoms with E-state index in [9.17, 15) is 14.4 Å². The molecule has 2 aromatic rings. The molecule has 2 amide bonds. The molecule has 6 nitrogen and oxygen atoms in total. The standard InChI is InChI=1S/C20H22N2O4S/c1-2-12-26-20(25)15-8-10-17(11-9-15)22-19(24)14-27-13-18(23)21-16-6-4-3-5-7-16/h3-11H,2,12-14H2,1H3,(H,21,23)(H,22,24). The zero-order valence-corrected chi connectivity index (χ0v) is 15.9. The first-order chi connectivity index (χ1) is 13.1. The fraction of sp³-hybridized carbons (Fsp3) is 0.250. The monoisotopic (exact) mass is 386 g/mol. The Morgan fingerprint density at radius 1 is 0.852 bits per heavy atom. The Labute approximate surface area is 162 Å². The zero-order valence-electron chi connectivity index (χ0n) is 15.1. The van der Waals surface area contributed by atoms with Crippen molar-refractivity contribution in [2.24, 2.45) is 0 Å². The summed E-state index contributed by atoms with van der Waals surface area (Å²) in [6.07, 6.45) is 0.765. The quantitative estimate of drug-likeness (QED) is 0.644. The summed E-state index contributed by atoms with van der Waals surface area (Å²) >= 11 is 1.23. The van der Waals surface area contributed by atoms with Gasteiger partial charge in [-0.1, -0.05) is 25.1 Å². The summed E-state index contributed by atoms with van der Waals surface area (Å²) in [5.41, 5.74) is 1.75. The average Bonchev–Trinajstić information content (AvgIpc) is 2.67. The molecule has 0 saturated carbocycles. The van der Waals surface area contributed by atoms with Crippen LogP contribution < -0.4 is 10.6 Å². The van der Waals surface area contributed by atoms with Gasteiger partial charge in [0.2, 0.25) is 11.8 Å². The van der Waals surface area contributed by atoms with Crippen molar-refractivity contribution in [2.75, 3.05) is 28.7 Å². The van der Waals surface area contributed by atoms with Crippen LogP contribution in [0.2, 0.25) is 0 Å². The van der Waals surface area contributed by atoms with Crippen LogP contribution in [0.1, 0.15) is 23.7 Å². The number of esters is 1. The highest BCUT2D eigenvalue weighted by Gasteiger charge is 2.09. The molecule has 142 valence electrons. The third-order valence-corrected chi connectivity index (χ3v) is 4.30. The van der Waals surface area contributed by atoms with Gasteiger partial charge in [0.15, 0.2) is 0 Å². The molecule has 0 spiro atoms. The van der Waals surface area contributed by atoms with E-state index in [0.717, 1.165) is 12.1 Å². The second kappa shape index (κ2) is 11.0. The van der Waals surface area contributed by atoms with Crippen LogP contribution in [0.5, 0.6) is 0 Å². The molecule has 0 bridgehead atoms. The molecule has 0 atom stereocenters. The fourth-order valence-corrected chi connectivity index (χ4v) is 2.74. The molecular formula is C20H22N2O4S. The number of anilines is 2. The third kappa shape index (κ3) is 7.53. The second-order valence-electron chi connectivity index (χ2n) is 5.67. The van der Waals surface area contributed by atoms with Crippen LogP contribution in [0, 0.1) is 0 Å². The van der Waals surface area contributed by atoms with Gasteiger partial charge in [0.25, 0.3) is 0 Å². The number of carbonyl (C=O) groups excluding carboxylic acids is 3. The van der Waals surface area contributed by atoms with Crippen LogP contribution in [0.4, 0.5) is 11.4 Å². The third-order valence-electron chi connectivity index (χ3n) is 3.37. The molecule has 0 heterocycles. The molecule has 2 N–H and O–H groups in total. The van der Waals surface area contributed by atoms with Crippen LogP contribution in [-0.2, 0) is 14.3 Å². The van der Waals surface area contributed by atoms with Crippen molar-refractivity contribution in [1.29, 1.82) is 0 Å². The van der Waals surface area contributed by atoms with Crippen LogP contribution in [-0.4, -0.2) is 35.9 Å². The lowest BCUT2D eigenvalue weighted by Gasteiger charge is -2.07. The highest BCUT2D eigenvalue weighted by molar-refractivity contribution is 8.00. The van der Waals surface area contributed by atoms with Crippen molar-refractivity contribution in [2.45, 2.75) is 13.3 Å². The van der Waals surface area contributed by atoms with Crippen LogP contribution >= 0.6 is 11.8 Å². The van der Waals surface area contributed by atoms with E-state index in [2.05, 4.69) is 10.6 Å². The minimum Gasteiger partial charge on any atom is -0.462 e. The lowest BCUT2D eigenvalue weighted by atomic mass is 10.2. The molecule has 0 aromatic heterocycles.